The largest absolute Gasteiger partial charge is 0.324 e. The van der Waals surface area contributed by atoms with Crippen LogP contribution in [0.3, 0.4) is 0 Å². The van der Waals surface area contributed by atoms with E-state index in [-0.39, 0.29) is 18.7 Å². The molecule has 0 spiro atoms. The standard InChI is InChI=1S/C11H12F2N2O/c1-7-9(3-2-4-14-7)15-10(16)8-5-11(12,13)6-8/h2-4,8H,5-6H2,1H3,(H,15,16). The summed E-state index contributed by atoms with van der Waals surface area (Å²) in [6.07, 6.45) is 0.915. The summed E-state index contributed by atoms with van der Waals surface area (Å²) in [5, 5.41) is 2.62. The van der Waals surface area contributed by atoms with Crippen LogP contribution in [0.4, 0.5) is 14.5 Å². The van der Waals surface area contributed by atoms with Crippen LogP contribution in [0, 0.1) is 12.8 Å². The lowest BCUT2D eigenvalue weighted by molar-refractivity contribution is -0.145. The van der Waals surface area contributed by atoms with Crippen molar-refractivity contribution in [2.24, 2.45) is 5.92 Å². The predicted molar refractivity (Wildman–Crippen MR) is 55.3 cm³/mol. The van der Waals surface area contributed by atoms with E-state index in [1.54, 1.807) is 25.3 Å². The van der Waals surface area contributed by atoms with Gasteiger partial charge < -0.3 is 5.32 Å². The summed E-state index contributed by atoms with van der Waals surface area (Å²) in [6.45, 7) is 1.75. The number of hydrogen-bond acceptors (Lipinski definition) is 2. The first-order valence-electron chi connectivity index (χ1n) is 5.08. The molecule has 1 saturated carbocycles. The lowest BCUT2D eigenvalue weighted by Gasteiger charge is -2.33. The molecule has 1 fully saturated rings. The maximum absolute atomic E-state index is 12.6. The molecule has 5 heteroatoms. The molecule has 0 bridgehead atoms. The van der Waals surface area contributed by atoms with E-state index in [4.69, 9.17) is 0 Å². The van der Waals surface area contributed by atoms with Crippen molar-refractivity contribution in [2.45, 2.75) is 25.7 Å². The summed E-state index contributed by atoms with van der Waals surface area (Å²) < 4.78 is 25.1. The highest BCUT2D eigenvalue weighted by Gasteiger charge is 2.48. The van der Waals surface area contributed by atoms with E-state index in [1.807, 2.05) is 0 Å². The van der Waals surface area contributed by atoms with Crippen LogP contribution in [0.2, 0.25) is 0 Å². The number of aryl methyl sites for hydroxylation is 1. The molecule has 1 aliphatic rings. The fraction of sp³-hybridized carbons (Fsp3) is 0.455. The number of hydrogen-bond donors (Lipinski definition) is 1. The molecule has 16 heavy (non-hydrogen) atoms. The Kier molecular flexibility index (Phi) is 2.61. The number of carbonyl (C=O) groups excluding carboxylic acids is 1. The molecule has 0 atom stereocenters. The van der Waals surface area contributed by atoms with Gasteiger partial charge in [0.25, 0.3) is 0 Å². The van der Waals surface area contributed by atoms with Crippen molar-refractivity contribution in [3.63, 3.8) is 0 Å². The van der Waals surface area contributed by atoms with Gasteiger partial charge >= 0.3 is 0 Å². The van der Waals surface area contributed by atoms with E-state index in [2.05, 4.69) is 10.3 Å². The fourth-order valence-electron chi connectivity index (χ4n) is 1.70. The molecule has 1 aromatic rings. The van der Waals surface area contributed by atoms with Crippen LogP contribution in [0.1, 0.15) is 18.5 Å². The number of nitrogens with one attached hydrogen (secondary N) is 1. The normalized spacial score (nSPS) is 18.9. The van der Waals surface area contributed by atoms with E-state index in [9.17, 15) is 13.6 Å². The van der Waals surface area contributed by atoms with Crippen molar-refractivity contribution < 1.29 is 13.6 Å². The van der Waals surface area contributed by atoms with Gasteiger partial charge in [0.05, 0.1) is 11.4 Å². The SMILES string of the molecule is Cc1ncccc1NC(=O)C1CC(F)(F)C1. The maximum atomic E-state index is 12.6. The van der Waals surface area contributed by atoms with Crippen molar-refractivity contribution in [1.82, 2.24) is 4.98 Å². The molecule has 2 rings (SSSR count). The Hall–Kier alpha value is -1.52. The first-order valence-corrected chi connectivity index (χ1v) is 5.08. The molecule has 1 aliphatic carbocycles. The number of amides is 1. The van der Waals surface area contributed by atoms with Crippen LogP contribution >= 0.6 is 0 Å². The smallest absolute Gasteiger partial charge is 0.249 e. The minimum Gasteiger partial charge on any atom is -0.324 e. The maximum Gasteiger partial charge on any atom is 0.249 e. The number of halogens is 2. The molecule has 0 radical (unpaired) electrons. The molecule has 86 valence electrons. The molecule has 1 heterocycles. The molecule has 1 aromatic heterocycles. The second-order valence-electron chi connectivity index (χ2n) is 4.09. The Labute approximate surface area is 91.9 Å². The Bertz CT molecular complexity index is 412. The lowest BCUT2D eigenvalue weighted by Crippen LogP contribution is -2.42. The molecule has 0 saturated heterocycles. The van der Waals surface area contributed by atoms with Crippen LogP contribution in [-0.4, -0.2) is 16.8 Å². The topological polar surface area (TPSA) is 42.0 Å². The molecule has 0 unspecified atom stereocenters. The minimum absolute atomic E-state index is 0.345. The van der Waals surface area contributed by atoms with E-state index in [0.717, 1.165) is 0 Å². The Morgan fingerprint density at radius 3 is 2.81 bits per heavy atom. The molecule has 1 amide bonds. The molecule has 0 aliphatic heterocycles. The average Bonchev–Trinajstić information content (AvgIpc) is 2.17. The summed E-state index contributed by atoms with van der Waals surface area (Å²) in [5.74, 6) is -3.58. The molecule has 1 N–H and O–H groups in total. The number of alkyl halides is 2. The highest BCUT2D eigenvalue weighted by molar-refractivity contribution is 5.93. The van der Waals surface area contributed by atoms with Crippen LogP contribution in [-0.2, 0) is 4.79 Å². The van der Waals surface area contributed by atoms with Crippen LogP contribution in [0.5, 0.6) is 0 Å². The van der Waals surface area contributed by atoms with Crippen molar-refractivity contribution >= 4 is 11.6 Å². The van der Waals surface area contributed by atoms with Crippen molar-refractivity contribution in [3.8, 4) is 0 Å². The van der Waals surface area contributed by atoms with E-state index >= 15 is 0 Å². The molecular formula is C11H12F2N2O. The number of nitrogens with zero attached hydrogens (tertiary/aromatic N) is 1. The molecular weight excluding hydrogens is 214 g/mol. The third-order valence-electron chi connectivity index (χ3n) is 2.73. The number of anilines is 1. The quantitative estimate of drug-likeness (QED) is 0.841. The average molecular weight is 226 g/mol. The highest BCUT2D eigenvalue weighted by atomic mass is 19.3. The fourth-order valence-corrected chi connectivity index (χ4v) is 1.70. The third kappa shape index (κ3) is 2.18. The van der Waals surface area contributed by atoms with Gasteiger partial charge in [-0.3, -0.25) is 9.78 Å². The molecule has 0 aromatic carbocycles. The van der Waals surface area contributed by atoms with Gasteiger partial charge in [0.15, 0.2) is 0 Å². The summed E-state index contributed by atoms with van der Waals surface area (Å²) in [5.41, 5.74) is 1.27. The first kappa shape index (κ1) is 11.0. The van der Waals surface area contributed by atoms with Gasteiger partial charge in [0.1, 0.15) is 0 Å². The Balaban J connectivity index is 1.96. The second-order valence-corrected chi connectivity index (χ2v) is 4.09. The number of rotatable bonds is 2. The molecule has 3 nitrogen and oxygen atoms in total. The summed E-state index contributed by atoms with van der Waals surface area (Å²) in [7, 11) is 0. The van der Waals surface area contributed by atoms with Gasteiger partial charge in [-0.25, -0.2) is 8.78 Å². The Morgan fingerprint density at radius 2 is 2.25 bits per heavy atom. The monoisotopic (exact) mass is 226 g/mol. The van der Waals surface area contributed by atoms with Crippen molar-refractivity contribution in [3.05, 3.63) is 24.0 Å². The number of aromatic nitrogens is 1. The van der Waals surface area contributed by atoms with Gasteiger partial charge in [-0.15, -0.1) is 0 Å². The van der Waals surface area contributed by atoms with E-state index < -0.39 is 11.8 Å². The first-order chi connectivity index (χ1) is 7.48. The van der Waals surface area contributed by atoms with Gasteiger partial charge in [-0.2, -0.15) is 0 Å². The zero-order valence-corrected chi connectivity index (χ0v) is 8.84. The zero-order valence-electron chi connectivity index (χ0n) is 8.84. The summed E-state index contributed by atoms with van der Waals surface area (Å²) in [4.78, 5) is 15.6. The Morgan fingerprint density at radius 1 is 1.56 bits per heavy atom. The van der Waals surface area contributed by atoms with E-state index in [0.29, 0.717) is 11.4 Å². The van der Waals surface area contributed by atoms with Crippen molar-refractivity contribution in [1.29, 1.82) is 0 Å². The van der Waals surface area contributed by atoms with Crippen molar-refractivity contribution in [2.75, 3.05) is 5.32 Å². The summed E-state index contributed by atoms with van der Waals surface area (Å²) in [6, 6.07) is 3.40. The van der Waals surface area contributed by atoms with Crippen LogP contribution in [0.15, 0.2) is 18.3 Å². The predicted octanol–water partition coefficient (Wildman–Crippen LogP) is 2.37. The zero-order chi connectivity index (χ0) is 11.8. The van der Waals surface area contributed by atoms with Gasteiger partial charge in [-0.05, 0) is 19.1 Å². The summed E-state index contributed by atoms with van der Waals surface area (Å²) >= 11 is 0. The van der Waals surface area contributed by atoms with Crippen LogP contribution < -0.4 is 5.32 Å². The van der Waals surface area contributed by atoms with Gasteiger partial charge in [0, 0.05) is 25.0 Å². The lowest BCUT2D eigenvalue weighted by atomic mass is 9.81. The second kappa shape index (κ2) is 3.81. The third-order valence-corrected chi connectivity index (χ3v) is 2.73. The van der Waals surface area contributed by atoms with Crippen LogP contribution in [0.25, 0.3) is 0 Å². The minimum atomic E-state index is -2.66. The number of pyridine rings is 1. The highest BCUT2D eigenvalue weighted by Crippen LogP contribution is 2.42. The van der Waals surface area contributed by atoms with Gasteiger partial charge in [0.2, 0.25) is 11.8 Å². The van der Waals surface area contributed by atoms with E-state index in [1.165, 1.54) is 0 Å². The van der Waals surface area contributed by atoms with Gasteiger partial charge in [-0.1, -0.05) is 0 Å². The number of carbonyl (C=O) groups is 1.